The number of benzene rings is 2. The minimum atomic E-state index is -3.76. The number of carbonyl (C=O) groups is 1. The smallest absolute Gasteiger partial charge is 0.264 e. The van der Waals surface area contributed by atoms with Crippen molar-refractivity contribution in [1.82, 2.24) is 14.2 Å². The van der Waals surface area contributed by atoms with E-state index in [1.54, 1.807) is 16.8 Å². The standard InChI is InChI=1S/C21H23ClN4O4S/c1-14(2)20-19(13-23-26(20)17-7-5-6-15(22)12-17)21(27)24-16-8-10-18(11-9-16)31(28,29)25(3)30-4/h5-14H,1-4H3,(H,24,27). The molecule has 3 aromatic rings. The first-order valence-electron chi connectivity index (χ1n) is 9.43. The van der Waals surface area contributed by atoms with E-state index < -0.39 is 10.0 Å². The Morgan fingerprint density at radius 1 is 1.19 bits per heavy atom. The maximum absolute atomic E-state index is 13.0. The molecule has 0 saturated carbocycles. The SMILES string of the molecule is CON(C)S(=O)(=O)c1ccc(NC(=O)c2cnn(-c3cccc(Cl)c3)c2C(C)C)cc1. The fourth-order valence-electron chi connectivity index (χ4n) is 3.06. The lowest BCUT2D eigenvalue weighted by Gasteiger charge is -2.15. The first-order chi connectivity index (χ1) is 14.6. The van der Waals surface area contributed by atoms with Gasteiger partial charge in [-0.05, 0) is 48.4 Å². The molecule has 1 heterocycles. The zero-order valence-corrected chi connectivity index (χ0v) is 19.1. The van der Waals surface area contributed by atoms with Gasteiger partial charge in [-0.25, -0.2) is 13.1 Å². The molecule has 164 valence electrons. The molecule has 0 saturated heterocycles. The monoisotopic (exact) mass is 462 g/mol. The van der Waals surface area contributed by atoms with Gasteiger partial charge in [0.05, 0.1) is 35.1 Å². The van der Waals surface area contributed by atoms with E-state index in [0.717, 1.165) is 15.8 Å². The molecule has 1 amide bonds. The van der Waals surface area contributed by atoms with Crippen LogP contribution >= 0.6 is 11.6 Å². The van der Waals surface area contributed by atoms with E-state index >= 15 is 0 Å². The van der Waals surface area contributed by atoms with Crippen molar-refractivity contribution in [1.29, 1.82) is 0 Å². The number of sulfonamides is 1. The van der Waals surface area contributed by atoms with Crippen LogP contribution in [-0.4, -0.2) is 42.7 Å². The second-order valence-electron chi connectivity index (χ2n) is 7.07. The molecule has 0 spiro atoms. The molecule has 0 aliphatic heterocycles. The molecule has 0 radical (unpaired) electrons. The fraction of sp³-hybridized carbons (Fsp3) is 0.238. The summed E-state index contributed by atoms with van der Waals surface area (Å²) < 4.78 is 27.0. The molecule has 8 nitrogen and oxygen atoms in total. The summed E-state index contributed by atoms with van der Waals surface area (Å²) >= 11 is 6.10. The van der Waals surface area contributed by atoms with Crippen molar-refractivity contribution in [2.45, 2.75) is 24.7 Å². The van der Waals surface area contributed by atoms with Gasteiger partial charge in [0, 0.05) is 17.8 Å². The molecule has 3 rings (SSSR count). The van der Waals surface area contributed by atoms with Gasteiger partial charge in [-0.2, -0.15) is 5.10 Å². The quantitative estimate of drug-likeness (QED) is 0.534. The Balaban J connectivity index is 1.87. The maximum atomic E-state index is 13.0. The lowest BCUT2D eigenvalue weighted by Crippen LogP contribution is -2.25. The third-order valence-corrected chi connectivity index (χ3v) is 6.59. The van der Waals surface area contributed by atoms with Crippen molar-refractivity contribution in [2.24, 2.45) is 0 Å². The molecule has 0 aliphatic carbocycles. The van der Waals surface area contributed by atoms with Gasteiger partial charge in [-0.3, -0.25) is 9.63 Å². The van der Waals surface area contributed by atoms with Crippen molar-refractivity contribution in [3.8, 4) is 5.69 Å². The predicted octanol–water partition coefficient (Wildman–Crippen LogP) is 4.08. The van der Waals surface area contributed by atoms with Gasteiger partial charge in [0.25, 0.3) is 15.9 Å². The molecule has 1 N–H and O–H groups in total. The number of carbonyl (C=O) groups excluding carboxylic acids is 1. The molecular formula is C21H23ClN4O4S. The van der Waals surface area contributed by atoms with Crippen LogP contribution in [0.25, 0.3) is 5.69 Å². The van der Waals surface area contributed by atoms with Crippen LogP contribution < -0.4 is 5.32 Å². The number of rotatable bonds is 7. The molecule has 0 bridgehead atoms. The predicted molar refractivity (Wildman–Crippen MR) is 119 cm³/mol. The number of nitrogens with zero attached hydrogens (tertiary/aromatic N) is 3. The molecule has 1 aromatic heterocycles. The lowest BCUT2D eigenvalue weighted by molar-refractivity contribution is -0.0258. The summed E-state index contributed by atoms with van der Waals surface area (Å²) in [6.07, 6.45) is 1.51. The zero-order valence-electron chi connectivity index (χ0n) is 17.5. The van der Waals surface area contributed by atoms with Crippen LogP contribution in [-0.2, 0) is 14.9 Å². The average molecular weight is 463 g/mol. The minimum absolute atomic E-state index is 0.0133. The number of nitrogens with one attached hydrogen (secondary N) is 1. The second kappa shape index (κ2) is 9.19. The normalized spacial score (nSPS) is 11.8. The Morgan fingerprint density at radius 2 is 1.87 bits per heavy atom. The average Bonchev–Trinajstić information content (AvgIpc) is 3.19. The van der Waals surface area contributed by atoms with Crippen molar-refractivity contribution >= 4 is 33.2 Å². The number of amides is 1. The molecule has 0 atom stereocenters. The summed E-state index contributed by atoms with van der Waals surface area (Å²) in [5.74, 6) is -0.332. The van der Waals surface area contributed by atoms with Crippen molar-refractivity contribution < 1.29 is 18.0 Å². The number of halogens is 1. The Morgan fingerprint density at radius 3 is 2.45 bits per heavy atom. The van der Waals surface area contributed by atoms with Crippen LogP contribution in [0, 0.1) is 0 Å². The summed E-state index contributed by atoms with van der Waals surface area (Å²) in [7, 11) is -1.19. The van der Waals surface area contributed by atoms with Gasteiger partial charge in [-0.15, -0.1) is 0 Å². The fourth-order valence-corrected chi connectivity index (χ4v) is 4.21. The highest BCUT2D eigenvalue weighted by molar-refractivity contribution is 7.89. The Kier molecular flexibility index (Phi) is 6.80. The highest BCUT2D eigenvalue weighted by Crippen LogP contribution is 2.25. The summed E-state index contributed by atoms with van der Waals surface area (Å²) in [6, 6.07) is 13.1. The van der Waals surface area contributed by atoms with Crippen LogP contribution in [0.3, 0.4) is 0 Å². The molecule has 0 fully saturated rings. The number of hydrogen-bond donors (Lipinski definition) is 1. The van der Waals surface area contributed by atoms with E-state index in [0.29, 0.717) is 16.3 Å². The van der Waals surface area contributed by atoms with Gasteiger partial charge in [0.2, 0.25) is 0 Å². The minimum Gasteiger partial charge on any atom is -0.322 e. The van der Waals surface area contributed by atoms with E-state index in [4.69, 9.17) is 16.4 Å². The van der Waals surface area contributed by atoms with Gasteiger partial charge in [0.1, 0.15) is 0 Å². The van der Waals surface area contributed by atoms with Crippen LogP contribution in [0.2, 0.25) is 5.02 Å². The van der Waals surface area contributed by atoms with Crippen LogP contribution in [0.5, 0.6) is 0 Å². The first kappa shape index (κ1) is 23.0. The van der Waals surface area contributed by atoms with Crippen LogP contribution in [0.1, 0.15) is 35.8 Å². The molecule has 10 heteroatoms. The van der Waals surface area contributed by atoms with Crippen molar-refractivity contribution in [3.05, 3.63) is 71.0 Å². The summed E-state index contributed by atoms with van der Waals surface area (Å²) in [5, 5.41) is 7.75. The molecular weight excluding hydrogens is 440 g/mol. The number of hydroxylamine groups is 1. The van der Waals surface area contributed by atoms with Crippen LogP contribution in [0.15, 0.2) is 59.6 Å². The summed E-state index contributed by atoms with van der Waals surface area (Å²) in [6.45, 7) is 3.95. The maximum Gasteiger partial charge on any atom is 0.264 e. The number of hydrogen-bond acceptors (Lipinski definition) is 5. The topological polar surface area (TPSA) is 93.5 Å². The molecule has 31 heavy (non-hydrogen) atoms. The lowest BCUT2D eigenvalue weighted by atomic mass is 10.0. The third kappa shape index (κ3) is 4.80. The molecule has 0 unspecified atom stereocenters. The number of aromatic nitrogens is 2. The van der Waals surface area contributed by atoms with Crippen molar-refractivity contribution in [3.63, 3.8) is 0 Å². The van der Waals surface area contributed by atoms with Crippen LogP contribution in [0.4, 0.5) is 5.69 Å². The van der Waals surface area contributed by atoms with Crippen molar-refractivity contribution in [2.75, 3.05) is 19.5 Å². The van der Waals surface area contributed by atoms with E-state index in [9.17, 15) is 13.2 Å². The van der Waals surface area contributed by atoms with Gasteiger partial charge >= 0.3 is 0 Å². The van der Waals surface area contributed by atoms with E-state index in [1.807, 2.05) is 26.0 Å². The summed E-state index contributed by atoms with van der Waals surface area (Å²) in [4.78, 5) is 17.8. The number of anilines is 1. The Hall–Kier alpha value is -2.72. The highest BCUT2D eigenvalue weighted by atomic mass is 35.5. The van der Waals surface area contributed by atoms with E-state index in [1.165, 1.54) is 44.6 Å². The van der Waals surface area contributed by atoms with Gasteiger partial charge < -0.3 is 5.32 Å². The Bertz CT molecular complexity index is 1190. The Labute approximate surface area is 186 Å². The summed E-state index contributed by atoms with van der Waals surface area (Å²) in [5.41, 5.74) is 2.37. The van der Waals surface area contributed by atoms with E-state index in [-0.39, 0.29) is 16.7 Å². The molecule has 0 aliphatic rings. The van der Waals surface area contributed by atoms with E-state index in [2.05, 4.69) is 10.4 Å². The zero-order chi connectivity index (χ0) is 22.8. The van der Waals surface area contributed by atoms with Gasteiger partial charge in [0.15, 0.2) is 0 Å². The second-order valence-corrected chi connectivity index (χ2v) is 9.44. The van der Waals surface area contributed by atoms with Gasteiger partial charge in [-0.1, -0.05) is 36.0 Å². The largest absolute Gasteiger partial charge is 0.322 e. The highest BCUT2D eigenvalue weighted by Gasteiger charge is 2.23. The molecule has 2 aromatic carbocycles. The third-order valence-electron chi connectivity index (χ3n) is 4.66. The first-order valence-corrected chi connectivity index (χ1v) is 11.2.